The van der Waals surface area contributed by atoms with Crippen LogP contribution in [0.4, 0.5) is 0 Å². The summed E-state index contributed by atoms with van der Waals surface area (Å²) in [6, 6.07) is 16.3. The molecule has 0 unspecified atom stereocenters. The van der Waals surface area contributed by atoms with Crippen LogP contribution >= 0.6 is 23.8 Å². The monoisotopic (exact) mass is 467 g/mol. The third-order valence-corrected chi connectivity index (χ3v) is 18.0. The molecule has 0 heterocycles. The highest BCUT2D eigenvalue weighted by atomic mass is 31.1. The van der Waals surface area contributed by atoms with Crippen molar-refractivity contribution in [2.45, 2.75) is 104 Å². The molecule has 30 heavy (non-hydrogen) atoms. The average Bonchev–Trinajstić information content (AvgIpc) is 2.66. The minimum absolute atomic E-state index is 0.0343. The lowest BCUT2D eigenvalue weighted by Gasteiger charge is -2.51. The molecule has 0 aliphatic rings. The van der Waals surface area contributed by atoms with Crippen LogP contribution in [-0.2, 0) is 0 Å². The van der Waals surface area contributed by atoms with Crippen molar-refractivity contribution in [3.05, 3.63) is 30.3 Å². The molecule has 4 heteroatoms. The van der Waals surface area contributed by atoms with Crippen LogP contribution in [0.2, 0.25) is 0 Å². The van der Waals surface area contributed by atoms with E-state index in [2.05, 4.69) is 106 Å². The molecule has 0 saturated heterocycles. The maximum atomic E-state index is 2.51. The van der Waals surface area contributed by atoms with Gasteiger partial charge in [0, 0.05) is 6.15 Å². The van der Waals surface area contributed by atoms with Gasteiger partial charge in [0.2, 0.25) is 0 Å². The van der Waals surface area contributed by atoms with E-state index >= 15 is 0 Å². The van der Waals surface area contributed by atoms with Crippen molar-refractivity contribution < 1.29 is 0 Å². The zero-order valence-electron chi connectivity index (χ0n) is 22.0. The predicted molar refractivity (Wildman–Crippen MR) is 153 cm³/mol. The molecule has 0 aliphatic heterocycles. The van der Waals surface area contributed by atoms with Gasteiger partial charge in [-0.05, 0) is 34.5 Å². The molecule has 1 aromatic rings. The maximum Gasteiger partial charge on any atom is 0.0411 e. The van der Waals surface area contributed by atoms with Gasteiger partial charge in [0.1, 0.15) is 0 Å². The van der Waals surface area contributed by atoms with Gasteiger partial charge < -0.3 is 0 Å². The van der Waals surface area contributed by atoms with Gasteiger partial charge in [-0.2, -0.15) is 18.2 Å². The summed E-state index contributed by atoms with van der Waals surface area (Å²) in [4.78, 5) is 0. The largest absolute Gasteiger partial charge is 0.209 e. The fourth-order valence-corrected chi connectivity index (χ4v) is 15.4. The smallest absolute Gasteiger partial charge is 0.0411 e. The molecule has 174 valence electrons. The van der Waals surface area contributed by atoms with Gasteiger partial charge in [0.25, 0.3) is 0 Å². The van der Waals surface area contributed by atoms with Gasteiger partial charge in [-0.15, -0.1) is 23.8 Å². The third-order valence-electron chi connectivity index (χ3n) is 7.00. The Kier molecular flexibility index (Phi) is 12.7. The fourth-order valence-electron chi connectivity index (χ4n) is 5.35. The number of benzene rings is 1. The van der Waals surface area contributed by atoms with E-state index in [1.165, 1.54) is 24.3 Å². The number of rotatable bonds is 13. The van der Waals surface area contributed by atoms with Gasteiger partial charge in [0.15, 0.2) is 0 Å². The van der Waals surface area contributed by atoms with E-state index in [0.29, 0.717) is 0 Å². The Hall–Kier alpha value is 0.575. The summed E-state index contributed by atoms with van der Waals surface area (Å²) in [7, 11) is 0.150. The second-order valence-electron chi connectivity index (χ2n) is 10.8. The second-order valence-corrected chi connectivity index (χ2v) is 21.0. The van der Waals surface area contributed by atoms with Gasteiger partial charge in [0.05, 0.1) is 0 Å². The quantitative estimate of drug-likeness (QED) is 0.202. The lowest BCUT2D eigenvalue weighted by Crippen LogP contribution is -2.59. The van der Waals surface area contributed by atoms with Gasteiger partial charge in [-0.1, -0.05) is 106 Å². The molecule has 0 N–H and O–H groups in total. The first-order chi connectivity index (χ1) is 13.9. The first-order valence-electron chi connectivity index (χ1n) is 12.5. The lowest BCUT2D eigenvalue weighted by molar-refractivity contribution is 1.00. The van der Waals surface area contributed by atoms with Crippen molar-refractivity contribution in [2.24, 2.45) is 0 Å². The van der Waals surface area contributed by atoms with Crippen LogP contribution < -0.4 is 5.46 Å². The minimum Gasteiger partial charge on any atom is -0.209 e. The first-order valence-corrected chi connectivity index (χ1v) is 17.6. The SMILES string of the molecule is CC[P@@](C[B-](CP(C(C)C)C(C)C)(CP(C(C)C)C(C)C)c1ccccc1)C(C)C. The summed E-state index contributed by atoms with van der Waals surface area (Å²) < 4.78 is 0. The van der Waals surface area contributed by atoms with Gasteiger partial charge in [-0.3, -0.25) is 0 Å². The Labute approximate surface area is 194 Å². The minimum atomic E-state index is -0.529. The molecule has 0 aromatic heterocycles. The van der Waals surface area contributed by atoms with E-state index in [0.717, 1.165) is 28.3 Å². The lowest BCUT2D eigenvalue weighted by atomic mass is 9.25. The first kappa shape index (κ1) is 28.6. The van der Waals surface area contributed by atoms with Crippen molar-refractivity contribution in [3.63, 3.8) is 0 Å². The van der Waals surface area contributed by atoms with Crippen LogP contribution in [0.5, 0.6) is 0 Å². The molecule has 0 saturated carbocycles. The highest BCUT2D eigenvalue weighted by molar-refractivity contribution is 7.69. The van der Waals surface area contributed by atoms with Gasteiger partial charge >= 0.3 is 0 Å². The summed E-state index contributed by atoms with van der Waals surface area (Å²) in [6.45, 7) is 27.4. The summed E-state index contributed by atoms with van der Waals surface area (Å²) in [5.41, 5.74) is 5.83. The Balaban J connectivity index is 3.62. The van der Waals surface area contributed by atoms with Crippen LogP contribution in [0.1, 0.15) is 76.2 Å². The summed E-state index contributed by atoms with van der Waals surface area (Å²) in [5, 5.41) is 0. The molecule has 0 radical (unpaired) electrons. The van der Waals surface area contributed by atoms with Crippen LogP contribution in [0.25, 0.3) is 0 Å². The zero-order valence-corrected chi connectivity index (χ0v) is 24.7. The van der Waals surface area contributed by atoms with E-state index < -0.39 is 6.15 Å². The molecule has 0 nitrogen and oxygen atoms in total. The van der Waals surface area contributed by atoms with Crippen molar-refractivity contribution in [2.75, 3.05) is 24.3 Å². The molecular weight excluding hydrogens is 416 g/mol. The Morgan fingerprint density at radius 1 is 0.600 bits per heavy atom. The standard InChI is InChI=1S/C26H51BP3/c1-12-28(21(2)3)18-27(26-16-14-13-15-17-26,19-29(22(4)5)23(6)7)20-30(24(8)9)25(10)11/h13-17,21-25H,12,18-20H2,1-11H3/q-1/t28-/m0/s1. The topological polar surface area (TPSA) is 0 Å². The Bertz CT molecular complexity index is 545. The molecule has 0 amide bonds. The highest BCUT2D eigenvalue weighted by Gasteiger charge is 2.36. The maximum absolute atomic E-state index is 2.51. The third kappa shape index (κ3) is 8.17. The van der Waals surface area contributed by atoms with Crippen LogP contribution in [-0.4, -0.2) is 58.8 Å². The molecular formula is C26H51BP3-. The molecule has 0 spiro atoms. The van der Waals surface area contributed by atoms with E-state index in [1.807, 2.05) is 0 Å². The van der Waals surface area contributed by atoms with Crippen LogP contribution in [0.15, 0.2) is 30.3 Å². The van der Waals surface area contributed by atoms with Crippen molar-refractivity contribution in [3.8, 4) is 0 Å². The molecule has 0 aliphatic carbocycles. The normalized spacial score (nSPS) is 14.3. The molecule has 1 aromatic carbocycles. The molecule has 1 rings (SSSR count). The zero-order chi connectivity index (χ0) is 23.1. The van der Waals surface area contributed by atoms with E-state index in [9.17, 15) is 0 Å². The van der Waals surface area contributed by atoms with E-state index in [-0.39, 0.29) is 23.8 Å². The number of hydrogen-bond acceptors (Lipinski definition) is 0. The summed E-state index contributed by atoms with van der Waals surface area (Å²) >= 11 is 0. The van der Waals surface area contributed by atoms with E-state index in [4.69, 9.17) is 0 Å². The van der Waals surface area contributed by atoms with E-state index in [1.54, 1.807) is 5.46 Å². The fraction of sp³-hybridized carbons (Fsp3) is 0.769. The molecule has 0 fully saturated rings. The molecule has 0 bridgehead atoms. The van der Waals surface area contributed by atoms with Crippen LogP contribution in [0, 0.1) is 0 Å². The summed E-state index contributed by atoms with van der Waals surface area (Å²) in [6.07, 6.45) is 0.852. The highest BCUT2D eigenvalue weighted by Crippen LogP contribution is 2.55. The Morgan fingerprint density at radius 2 is 1.00 bits per heavy atom. The van der Waals surface area contributed by atoms with Crippen molar-refractivity contribution in [1.82, 2.24) is 0 Å². The predicted octanol–water partition coefficient (Wildman–Crippen LogP) is 8.47. The second kappa shape index (κ2) is 13.3. The number of hydrogen-bond donors (Lipinski definition) is 0. The van der Waals surface area contributed by atoms with Gasteiger partial charge in [-0.25, -0.2) is 5.46 Å². The van der Waals surface area contributed by atoms with Crippen molar-refractivity contribution in [1.29, 1.82) is 0 Å². The summed E-state index contributed by atoms with van der Waals surface area (Å²) in [5.74, 6) is 0. The average molecular weight is 467 g/mol. The van der Waals surface area contributed by atoms with Crippen molar-refractivity contribution >= 4 is 35.4 Å². The Morgan fingerprint density at radius 3 is 1.30 bits per heavy atom. The van der Waals surface area contributed by atoms with Crippen LogP contribution in [0.3, 0.4) is 0 Å². The molecule has 1 atom stereocenters.